The molecule has 4 rings (SSSR count). The minimum Gasteiger partial charge on any atom is -0.497 e. The Balaban J connectivity index is 1.34. The van der Waals surface area contributed by atoms with Crippen molar-refractivity contribution in [2.75, 3.05) is 52.9 Å². The molecule has 1 atom stereocenters. The second-order valence-corrected chi connectivity index (χ2v) is 10.0. The van der Waals surface area contributed by atoms with Crippen LogP contribution in [0.2, 0.25) is 5.02 Å². The summed E-state index contributed by atoms with van der Waals surface area (Å²) in [4.78, 5) is 30.9. The number of nitrogens with zero attached hydrogens (tertiary/aromatic N) is 3. The smallest absolute Gasteiger partial charge is 0.225 e. The van der Waals surface area contributed by atoms with Gasteiger partial charge in [-0.1, -0.05) is 35.9 Å². The Morgan fingerprint density at radius 1 is 0.972 bits per heavy atom. The van der Waals surface area contributed by atoms with E-state index in [1.54, 1.807) is 14.0 Å². The first-order valence-corrected chi connectivity index (χ1v) is 13.1. The molecule has 0 spiro atoms. The Morgan fingerprint density at radius 2 is 1.69 bits per heavy atom. The van der Waals surface area contributed by atoms with Crippen molar-refractivity contribution in [1.29, 1.82) is 0 Å². The second kappa shape index (κ2) is 12.6. The molecule has 194 valence electrons. The summed E-state index contributed by atoms with van der Waals surface area (Å²) in [6.07, 6.45) is 1.37. The van der Waals surface area contributed by atoms with E-state index in [1.165, 1.54) is 0 Å². The predicted molar refractivity (Wildman–Crippen MR) is 140 cm³/mol. The van der Waals surface area contributed by atoms with Gasteiger partial charge in [0.2, 0.25) is 11.8 Å². The highest BCUT2D eigenvalue weighted by molar-refractivity contribution is 6.30. The summed E-state index contributed by atoms with van der Waals surface area (Å²) in [5.41, 5.74) is 2.09. The first kappa shape index (κ1) is 26.5. The van der Waals surface area contributed by atoms with E-state index in [-0.39, 0.29) is 23.8 Å². The van der Waals surface area contributed by atoms with Crippen molar-refractivity contribution in [2.45, 2.75) is 32.5 Å². The molecule has 0 N–H and O–H groups in total. The average molecular weight is 514 g/mol. The molecule has 2 aromatic carbocycles. The zero-order valence-corrected chi connectivity index (χ0v) is 22.0. The van der Waals surface area contributed by atoms with Crippen molar-refractivity contribution in [3.63, 3.8) is 0 Å². The zero-order chi connectivity index (χ0) is 25.5. The van der Waals surface area contributed by atoms with Gasteiger partial charge in [0.15, 0.2) is 0 Å². The number of halogens is 1. The summed E-state index contributed by atoms with van der Waals surface area (Å²) in [5.74, 6) is 1.16. The number of rotatable bonds is 8. The van der Waals surface area contributed by atoms with Crippen molar-refractivity contribution in [2.24, 2.45) is 5.92 Å². The van der Waals surface area contributed by atoms with E-state index in [4.69, 9.17) is 21.1 Å². The number of likely N-dealkylation sites (tertiary alicyclic amines) is 1. The van der Waals surface area contributed by atoms with Gasteiger partial charge in [-0.15, -0.1) is 0 Å². The molecule has 0 aromatic heterocycles. The summed E-state index contributed by atoms with van der Waals surface area (Å²) >= 11 is 6.16. The summed E-state index contributed by atoms with van der Waals surface area (Å²) < 4.78 is 11.8. The zero-order valence-electron chi connectivity index (χ0n) is 21.2. The second-order valence-electron chi connectivity index (χ2n) is 9.61. The van der Waals surface area contributed by atoms with E-state index in [2.05, 4.69) is 11.0 Å². The van der Waals surface area contributed by atoms with Crippen molar-refractivity contribution < 1.29 is 19.1 Å². The SMILES string of the molecule is COc1cccc(C(CN2CCN(C(=O)C3CCN(C(C)=O)CC3)CC2)OCc2cccc(Cl)c2)c1. The van der Waals surface area contributed by atoms with Crippen LogP contribution in [0.25, 0.3) is 0 Å². The number of benzene rings is 2. The van der Waals surface area contributed by atoms with Crippen LogP contribution in [0.5, 0.6) is 5.75 Å². The van der Waals surface area contributed by atoms with Crippen LogP contribution in [0.1, 0.15) is 37.0 Å². The number of carbonyl (C=O) groups excluding carboxylic acids is 2. The van der Waals surface area contributed by atoms with Gasteiger partial charge in [-0.25, -0.2) is 0 Å². The molecule has 0 saturated carbocycles. The summed E-state index contributed by atoms with van der Waals surface area (Å²) in [6, 6.07) is 15.7. The van der Waals surface area contributed by atoms with E-state index >= 15 is 0 Å². The summed E-state index contributed by atoms with van der Waals surface area (Å²) in [6.45, 7) is 7.18. The van der Waals surface area contributed by atoms with Gasteiger partial charge in [-0.3, -0.25) is 14.5 Å². The lowest BCUT2D eigenvalue weighted by atomic mass is 9.95. The molecule has 2 amide bonds. The Hall–Kier alpha value is -2.61. The van der Waals surface area contributed by atoms with E-state index in [0.717, 1.165) is 49.4 Å². The van der Waals surface area contributed by atoms with Gasteiger partial charge >= 0.3 is 0 Å². The Labute approximate surface area is 218 Å². The van der Waals surface area contributed by atoms with Crippen LogP contribution >= 0.6 is 11.6 Å². The monoisotopic (exact) mass is 513 g/mol. The fourth-order valence-electron chi connectivity index (χ4n) is 5.00. The maximum atomic E-state index is 13.1. The molecule has 1 unspecified atom stereocenters. The molecular formula is C28H36ClN3O4. The van der Waals surface area contributed by atoms with Gasteiger partial charge in [0, 0.05) is 63.7 Å². The van der Waals surface area contributed by atoms with Gasteiger partial charge in [0.05, 0.1) is 19.8 Å². The first-order chi connectivity index (χ1) is 17.4. The highest BCUT2D eigenvalue weighted by Crippen LogP contribution is 2.26. The van der Waals surface area contributed by atoms with Gasteiger partial charge in [0.1, 0.15) is 5.75 Å². The van der Waals surface area contributed by atoms with Crippen molar-refractivity contribution in [3.8, 4) is 5.75 Å². The third-order valence-electron chi connectivity index (χ3n) is 7.20. The maximum Gasteiger partial charge on any atom is 0.225 e. The number of ether oxygens (including phenoxy) is 2. The normalized spacial score (nSPS) is 18.2. The average Bonchev–Trinajstić information content (AvgIpc) is 2.91. The topological polar surface area (TPSA) is 62.3 Å². The minimum atomic E-state index is -0.141. The lowest BCUT2D eigenvalue weighted by molar-refractivity contribution is -0.141. The molecule has 7 nitrogen and oxygen atoms in total. The van der Waals surface area contributed by atoms with E-state index in [0.29, 0.717) is 37.8 Å². The molecule has 0 radical (unpaired) electrons. The van der Waals surface area contributed by atoms with Gasteiger partial charge in [-0.2, -0.15) is 0 Å². The fourth-order valence-corrected chi connectivity index (χ4v) is 5.22. The van der Waals surface area contributed by atoms with Crippen LogP contribution in [0.15, 0.2) is 48.5 Å². The lowest BCUT2D eigenvalue weighted by Crippen LogP contribution is -2.52. The number of piperidine rings is 1. The van der Waals surface area contributed by atoms with E-state index in [9.17, 15) is 9.59 Å². The van der Waals surface area contributed by atoms with Crippen LogP contribution in [-0.4, -0.2) is 79.4 Å². The molecule has 2 saturated heterocycles. The minimum absolute atomic E-state index is 0.0257. The number of carbonyl (C=O) groups is 2. The number of piperazine rings is 1. The van der Waals surface area contributed by atoms with Crippen molar-refractivity contribution in [1.82, 2.24) is 14.7 Å². The molecule has 2 aliphatic rings. The quantitative estimate of drug-likeness (QED) is 0.533. The maximum absolute atomic E-state index is 13.1. The molecule has 2 fully saturated rings. The third kappa shape index (κ3) is 6.99. The van der Waals surface area contributed by atoms with Crippen LogP contribution < -0.4 is 4.74 Å². The van der Waals surface area contributed by atoms with Gasteiger partial charge < -0.3 is 19.3 Å². The number of hydrogen-bond donors (Lipinski definition) is 0. The summed E-state index contributed by atoms with van der Waals surface area (Å²) in [7, 11) is 1.67. The van der Waals surface area contributed by atoms with E-state index in [1.807, 2.05) is 52.3 Å². The molecule has 2 heterocycles. The Kier molecular flexibility index (Phi) is 9.24. The molecule has 0 bridgehead atoms. The largest absolute Gasteiger partial charge is 0.497 e. The van der Waals surface area contributed by atoms with Crippen LogP contribution in [0.4, 0.5) is 0 Å². The number of hydrogen-bond acceptors (Lipinski definition) is 5. The molecule has 0 aliphatic carbocycles. The third-order valence-corrected chi connectivity index (χ3v) is 7.44. The van der Waals surface area contributed by atoms with Crippen LogP contribution in [-0.2, 0) is 20.9 Å². The van der Waals surface area contributed by atoms with Gasteiger partial charge in [0.25, 0.3) is 0 Å². The molecule has 36 heavy (non-hydrogen) atoms. The predicted octanol–water partition coefficient (Wildman–Crippen LogP) is 4.01. The standard InChI is InChI=1S/C28H36ClN3O4/c1-21(33)31-11-9-23(10-12-31)28(34)32-15-13-30(14-16-32)19-27(24-6-4-8-26(18-24)35-2)36-20-22-5-3-7-25(29)17-22/h3-8,17-18,23,27H,9-16,19-20H2,1-2H3. The first-order valence-electron chi connectivity index (χ1n) is 12.7. The lowest BCUT2D eigenvalue weighted by Gasteiger charge is -2.39. The van der Waals surface area contributed by atoms with Gasteiger partial charge in [-0.05, 0) is 48.2 Å². The number of amides is 2. The molecule has 2 aliphatic heterocycles. The highest BCUT2D eigenvalue weighted by atomic mass is 35.5. The fraction of sp³-hybridized carbons (Fsp3) is 0.500. The van der Waals surface area contributed by atoms with E-state index < -0.39 is 0 Å². The number of methoxy groups -OCH3 is 1. The highest BCUT2D eigenvalue weighted by Gasteiger charge is 2.31. The van der Waals surface area contributed by atoms with Crippen LogP contribution in [0, 0.1) is 5.92 Å². The van der Waals surface area contributed by atoms with Crippen molar-refractivity contribution in [3.05, 3.63) is 64.7 Å². The summed E-state index contributed by atoms with van der Waals surface area (Å²) in [5, 5.41) is 0.696. The Bertz CT molecular complexity index is 1030. The molecule has 2 aromatic rings. The molecular weight excluding hydrogens is 478 g/mol. The van der Waals surface area contributed by atoms with Crippen LogP contribution in [0.3, 0.4) is 0 Å². The molecule has 8 heteroatoms. The van der Waals surface area contributed by atoms with Crippen molar-refractivity contribution >= 4 is 23.4 Å². The Morgan fingerprint density at radius 3 is 2.36 bits per heavy atom.